The van der Waals surface area contributed by atoms with E-state index in [-0.39, 0.29) is 18.1 Å². The highest BCUT2D eigenvalue weighted by molar-refractivity contribution is 7.14. The van der Waals surface area contributed by atoms with Crippen molar-refractivity contribution in [3.63, 3.8) is 0 Å². The summed E-state index contributed by atoms with van der Waals surface area (Å²) in [7, 11) is 0. The molecule has 3 aromatic heterocycles. The van der Waals surface area contributed by atoms with Gasteiger partial charge < -0.3 is 4.74 Å². The Morgan fingerprint density at radius 3 is 2.79 bits per heavy atom. The van der Waals surface area contributed by atoms with Crippen LogP contribution in [-0.2, 0) is 17.8 Å². The van der Waals surface area contributed by atoms with Crippen molar-refractivity contribution in [2.45, 2.75) is 33.8 Å². The minimum Gasteiger partial charge on any atom is -0.455 e. The number of fused-ring (bicyclic) bond motifs is 1. The van der Waals surface area contributed by atoms with Crippen LogP contribution >= 0.6 is 11.3 Å². The normalized spacial score (nSPS) is 11.0. The van der Waals surface area contributed by atoms with Gasteiger partial charge in [0.25, 0.3) is 5.56 Å². The first-order valence-corrected chi connectivity index (χ1v) is 8.55. The van der Waals surface area contributed by atoms with Crippen molar-refractivity contribution >= 4 is 23.0 Å². The molecule has 3 aromatic rings. The van der Waals surface area contributed by atoms with Gasteiger partial charge in [0.05, 0.1) is 5.69 Å². The van der Waals surface area contributed by atoms with Crippen LogP contribution in [0.1, 0.15) is 38.3 Å². The second-order valence-electron chi connectivity index (χ2n) is 5.67. The molecule has 0 saturated heterocycles. The molecule has 0 aliphatic rings. The van der Waals surface area contributed by atoms with E-state index < -0.39 is 0 Å². The quantitative estimate of drug-likeness (QED) is 0.683. The molecule has 0 atom stereocenters. The van der Waals surface area contributed by atoms with Crippen molar-refractivity contribution in [1.82, 2.24) is 9.38 Å². The number of esters is 1. The summed E-state index contributed by atoms with van der Waals surface area (Å²) in [5.41, 5.74) is 2.88. The third-order valence-electron chi connectivity index (χ3n) is 3.75. The molecule has 0 amide bonds. The zero-order chi connectivity index (χ0) is 17.3. The SMILES string of the molecule is CCc1sc(C(=O)OCc2cc(=O)n3cc(C)ccc3n2)cc1C. The summed E-state index contributed by atoms with van der Waals surface area (Å²) >= 11 is 1.45. The zero-order valence-corrected chi connectivity index (χ0v) is 14.6. The second-order valence-corrected chi connectivity index (χ2v) is 6.80. The molecule has 0 fully saturated rings. The van der Waals surface area contributed by atoms with Gasteiger partial charge in [-0.05, 0) is 43.5 Å². The Hall–Kier alpha value is -2.47. The lowest BCUT2D eigenvalue weighted by Crippen LogP contribution is -2.16. The van der Waals surface area contributed by atoms with Gasteiger partial charge in [0.1, 0.15) is 17.1 Å². The average molecular weight is 342 g/mol. The molecule has 0 aromatic carbocycles. The van der Waals surface area contributed by atoms with Gasteiger partial charge in [-0.25, -0.2) is 9.78 Å². The van der Waals surface area contributed by atoms with Crippen LogP contribution in [0.2, 0.25) is 0 Å². The van der Waals surface area contributed by atoms with Crippen LogP contribution in [0, 0.1) is 13.8 Å². The van der Waals surface area contributed by atoms with Crippen LogP contribution in [-0.4, -0.2) is 15.4 Å². The van der Waals surface area contributed by atoms with Crippen LogP contribution in [0.3, 0.4) is 0 Å². The van der Waals surface area contributed by atoms with E-state index in [0.29, 0.717) is 16.2 Å². The van der Waals surface area contributed by atoms with E-state index in [0.717, 1.165) is 17.5 Å². The number of ether oxygens (including phenoxy) is 1. The Kier molecular flexibility index (Phi) is 4.49. The van der Waals surface area contributed by atoms with Gasteiger partial charge in [-0.1, -0.05) is 13.0 Å². The largest absolute Gasteiger partial charge is 0.455 e. The molecule has 24 heavy (non-hydrogen) atoms. The molecule has 0 aliphatic carbocycles. The molecule has 6 heteroatoms. The maximum atomic E-state index is 12.2. The van der Waals surface area contributed by atoms with E-state index in [2.05, 4.69) is 11.9 Å². The number of aryl methyl sites for hydroxylation is 3. The molecular formula is C18H18N2O3S. The first-order valence-electron chi connectivity index (χ1n) is 7.73. The molecule has 0 saturated carbocycles. The number of pyridine rings is 1. The van der Waals surface area contributed by atoms with Crippen molar-refractivity contribution in [3.05, 3.63) is 67.4 Å². The van der Waals surface area contributed by atoms with Gasteiger partial charge in [-0.3, -0.25) is 9.20 Å². The Balaban J connectivity index is 1.79. The second kappa shape index (κ2) is 6.57. The van der Waals surface area contributed by atoms with Crippen molar-refractivity contribution in [3.8, 4) is 0 Å². The molecule has 0 spiro atoms. The van der Waals surface area contributed by atoms with Crippen LogP contribution in [0.4, 0.5) is 0 Å². The standard InChI is InChI=1S/C18H18N2O3S/c1-4-14-12(3)7-15(24-14)18(22)23-10-13-8-17(21)20-9-11(2)5-6-16(20)19-13/h5-9H,4,10H2,1-3H3. The predicted octanol–water partition coefficient (Wildman–Crippen LogP) is 3.29. The van der Waals surface area contributed by atoms with Crippen molar-refractivity contribution < 1.29 is 9.53 Å². The number of carbonyl (C=O) groups excluding carboxylic acids is 1. The van der Waals surface area contributed by atoms with E-state index in [9.17, 15) is 9.59 Å². The minimum atomic E-state index is -0.381. The molecule has 0 radical (unpaired) electrons. The van der Waals surface area contributed by atoms with E-state index in [1.54, 1.807) is 12.3 Å². The number of thiophene rings is 1. The van der Waals surface area contributed by atoms with Crippen molar-refractivity contribution in [1.29, 1.82) is 0 Å². The predicted molar refractivity (Wildman–Crippen MR) is 93.8 cm³/mol. The fraction of sp³-hybridized carbons (Fsp3) is 0.278. The summed E-state index contributed by atoms with van der Waals surface area (Å²) in [5.74, 6) is -0.381. The van der Waals surface area contributed by atoms with E-state index >= 15 is 0 Å². The highest BCUT2D eigenvalue weighted by Crippen LogP contribution is 2.23. The highest BCUT2D eigenvalue weighted by Gasteiger charge is 2.14. The topological polar surface area (TPSA) is 60.7 Å². The monoisotopic (exact) mass is 342 g/mol. The summed E-state index contributed by atoms with van der Waals surface area (Å²) in [4.78, 5) is 30.4. The van der Waals surface area contributed by atoms with E-state index in [1.807, 2.05) is 26.0 Å². The van der Waals surface area contributed by atoms with E-state index in [1.165, 1.54) is 26.7 Å². The van der Waals surface area contributed by atoms with Crippen LogP contribution in [0.5, 0.6) is 0 Å². The van der Waals surface area contributed by atoms with Crippen molar-refractivity contribution in [2.24, 2.45) is 0 Å². The van der Waals surface area contributed by atoms with Crippen LogP contribution in [0.25, 0.3) is 5.65 Å². The summed E-state index contributed by atoms with van der Waals surface area (Å²) in [5, 5.41) is 0. The molecule has 3 heterocycles. The molecule has 124 valence electrons. The van der Waals surface area contributed by atoms with Gasteiger partial charge in [0, 0.05) is 17.1 Å². The van der Waals surface area contributed by atoms with Gasteiger partial charge in [-0.15, -0.1) is 11.3 Å². The fourth-order valence-electron chi connectivity index (χ4n) is 2.51. The lowest BCUT2D eigenvalue weighted by Gasteiger charge is -2.05. The summed E-state index contributed by atoms with van der Waals surface area (Å²) in [6.45, 7) is 5.94. The summed E-state index contributed by atoms with van der Waals surface area (Å²) < 4.78 is 6.80. The summed E-state index contributed by atoms with van der Waals surface area (Å²) in [6, 6.07) is 6.91. The Labute approximate surface area is 143 Å². The number of hydrogen-bond acceptors (Lipinski definition) is 5. The van der Waals surface area contributed by atoms with E-state index in [4.69, 9.17) is 4.74 Å². The van der Waals surface area contributed by atoms with Gasteiger partial charge in [-0.2, -0.15) is 0 Å². The number of nitrogens with zero attached hydrogens (tertiary/aromatic N) is 2. The molecule has 0 N–H and O–H groups in total. The maximum absolute atomic E-state index is 12.2. The first-order chi connectivity index (χ1) is 11.5. The molecule has 3 rings (SSSR count). The smallest absolute Gasteiger partial charge is 0.348 e. The molecule has 0 unspecified atom stereocenters. The molecule has 5 nitrogen and oxygen atoms in total. The average Bonchev–Trinajstić information content (AvgIpc) is 2.94. The lowest BCUT2D eigenvalue weighted by molar-refractivity contribution is 0.0473. The van der Waals surface area contributed by atoms with Gasteiger partial charge in [0.2, 0.25) is 0 Å². The Morgan fingerprint density at radius 1 is 1.29 bits per heavy atom. The first kappa shape index (κ1) is 16.4. The number of aromatic nitrogens is 2. The van der Waals surface area contributed by atoms with Gasteiger partial charge in [0.15, 0.2) is 0 Å². The fourth-order valence-corrected chi connectivity index (χ4v) is 3.52. The van der Waals surface area contributed by atoms with Gasteiger partial charge >= 0.3 is 5.97 Å². The zero-order valence-electron chi connectivity index (χ0n) is 13.8. The molecule has 0 bridgehead atoms. The number of hydrogen-bond donors (Lipinski definition) is 0. The van der Waals surface area contributed by atoms with Crippen LogP contribution in [0.15, 0.2) is 35.3 Å². The third-order valence-corrected chi connectivity index (χ3v) is 5.12. The molecular weight excluding hydrogens is 324 g/mol. The van der Waals surface area contributed by atoms with Crippen molar-refractivity contribution in [2.75, 3.05) is 0 Å². The number of carbonyl (C=O) groups is 1. The maximum Gasteiger partial charge on any atom is 0.348 e. The lowest BCUT2D eigenvalue weighted by atomic mass is 10.2. The minimum absolute atomic E-state index is 0.0170. The highest BCUT2D eigenvalue weighted by atomic mass is 32.1. The molecule has 0 aliphatic heterocycles. The summed E-state index contributed by atoms with van der Waals surface area (Å²) in [6.07, 6.45) is 2.63. The Bertz CT molecular complexity index is 972. The third kappa shape index (κ3) is 3.23. The number of rotatable bonds is 4. The Morgan fingerprint density at radius 2 is 2.08 bits per heavy atom. The van der Waals surface area contributed by atoms with Crippen LogP contribution < -0.4 is 5.56 Å².